The molecular formula is C38H49N7. The summed E-state index contributed by atoms with van der Waals surface area (Å²) in [4.78, 5) is 9.52. The Hall–Kier alpha value is -4.52. The van der Waals surface area contributed by atoms with Crippen molar-refractivity contribution in [3.8, 4) is 0 Å². The van der Waals surface area contributed by atoms with Gasteiger partial charge in [0.25, 0.3) is 0 Å². The van der Waals surface area contributed by atoms with Crippen LogP contribution in [0.2, 0.25) is 0 Å². The van der Waals surface area contributed by atoms with E-state index >= 15 is 0 Å². The van der Waals surface area contributed by atoms with Crippen molar-refractivity contribution in [2.75, 3.05) is 78.3 Å². The molecule has 1 fully saturated rings. The molecule has 0 unspecified atom stereocenters. The summed E-state index contributed by atoms with van der Waals surface area (Å²) in [5.74, 6) is 0. The summed E-state index contributed by atoms with van der Waals surface area (Å²) in [6.45, 7) is 10.6. The molecule has 1 aliphatic heterocycles. The number of rotatable bonds is 14. The van der Waals surface area contributed by atoms with Gasteiger partial charge >= 0.3 is 0 Å². The van der Waals surface area contributed by atoms with Crippen LogP contribution >= 0.6 is 0 Å². The van der Waals surface area contributed by atoms with Gasteiger partial charge in [-0.05, 0) is 110 Å². The van der Waals surface area contributed by atoms with Crippen molar-refractivity contribution in [3.05, 3.63) is 97.1 Å². The Balaban J connectivity index is 1.08. The lowest BCUT2D eigenvalue weighted by molar-refractivity contribution is 0.653. The van der Waals surface area contributed by atoms with Gasteiger partial charge in [0.05, 0.1) is 11.4 Å². The van der Waals surface area contributed by atoms with E-state index in [2.05, 4.69) is 148 Å². The Morgan fingerprint density at radius 2 is 0.889 bits per heavy atom. The molecule has 236 valence electrons. The van der Waals surface area contributed by atoms with Crippen molar-refractivity contribution in [2.24, 2.45) is 10.2 Å². The second kappa shape index (κ2) is 16.0. The fraction of sp³-hybridized carbons (Fsp3) is 0.368. The number of azo groups is 1. The lowest BCUT2D eigenvalue weighted by Crippen LogP contribution is -2.46. The van der Waals surface area contributed by atoms with E-state index in [-0.39, 0.29) is 0 Å². The minimum Gasteiger partial charge on any atom is -0.375 e. The number of unbranched alkanes of at least 4 members (excludes halogenated alkanes) is 2. The highest BCUT2D eigenvalue weighted by Gasteiger charge is 2.17. The molecule has 0 radical (unpaired) electrons. The van der Waals surface area contributed by atoms with Crippen molar-refractivity contribution >= 4 is 45.5 Å². The van der Waals surface area contributed by atoms with E-state index in [1.807, 2.05) is 12.1 Å². The SMILES string of the molecule is CCCCN(C)c1ccc(/N=N/c2ccc(N3CCN(c4ccc(Nc5ccc(N(C)CCCC)cc5)cc4)CC3)cc2)cc1. The molecule has 45 heavy (non-hydrogen) atoms. The quantitative estimate of drug-likeness (QED) is 0.145. The van der Waals surface area contributed by atoms with Crippen molar-refractivity contribution < 1.29 is 0 Å². The average molecular weight is 604 g/mol. The van der Waals surface area contributed by atoms with E-state index in [0.29, 0.717) is 0 Å². The van der Waals surface area contributed by atoms with Gasteiger partial charge in [-0.3, -0.25) is 0 Å². The Morgan fingerprint density at radius 3 is 1.31 bits per heavy atom. The van der Waals surface area contributed by atoms with Gasteiger partial charge in [0.15, 0.2) is 0 Å². The first-order valence-electron chi connectivity index (χ1n) is 16.5. The first kappa shape index (κ1) is 31.9. The standard InChI is InChI=1S/C38H49N7/c1-5-7-25-42(3)35-17-9-31(10-18-35)39-32-11-21-37(22-12-32)44-27-29-45(30-28-44)38-23-15-34(16-24-38)41-40-33-13-19-36(20-14-33)43(4)26-8-6-2/h9-24,39H,5-8,25-30H2,1-4H3/b41-40+. The predicted octanol–water partition coefficient (Wildman–Crippen LogP) is 9.64. The van der Waals surface area contributed by atoms with Gasteiger partial charge in [-0.25, -0.2) is 0 Å². The van der Waals surface area contributed by atoms with Gasteiger partial charge < -0.3 is 24.9 Å². The third-order valence-electron chi connectivity index (χ3n) is 8.59. The molecule has 7 nitrogen and oxygen atoms in total. The number of piperazine rings is 1. The molecule has 0 aromatic heterocycles. The molecule has 4 aromatic rings. The maximum atomic E-state index is 4.47. The van der Waals surface area contributed by atoms with E-state index in [1.165, 1.54) is 48.4 Å². The van der Waals surface area contributed by atoms with Crippen LogP contribution in [0.4, 0.5) is 45.5 Å². The molecule has 0 saturated carbocycles. The van der Waals surface area contributed by atoms with Crippen molar-refractivity contribution in [1.29, 1.82) is 0 Å². The van der Waals surface area contributed by atoms with E-state index in [9.17, 15) is 0 Å². The third kappa shape index (κ3) is 9.00. The molecule has 0 aliphatic carbocycles. The first-order chi connectivity index (χ1) is 22.0. The number of anilines is 6. The average Bonchev–Trinajstić information content (AvgIpc) is 3.10. The molecule has 7 heteroatoms. The van der Waals surface area contributed by atoms with Crippen LogP contribution in [-0.4, -0.2) is 53.4 Å². The van der Waals surface area contributed by atoms with E-state index in [4.69, 9.17) is 0 Å². The zero-order chi connectivity index (χ0) is 31.4. The summed E-state index contributed by atoms with van der Waals surface area (Å²) in [7, 11) is 4.30. The summed E-state index contributed by atoms with van der Waals surface area (Å²) >= 11 is 0. The summed E-state index contributed by atoms with van der Waals surface area (Å²) in [6.07, 6.45) is 4.83. The second-order valence-corrected chi connectivity index (χ2v) is 12.0. The lowest BCUT2D eigenvalue weighted by Gasteiger charge is -2.37. The fourth-order valence-corrected chi connectivity index (χ4v) is 5.61. The van der Waals surface area contributed by atoms with Gasteiger partial charge in [-0.15, -0.1) is 0 Å². The zero-order valence-corrected chi connectivity index (χ0v) is 27.5. The summed E-state index contributed by atoms with van der Waals surface area (Å²) < 4.78 is 0. The highest BCUT2D eigenvalue weighted by molar-refractivity contribution is 5.65. The molecule has 0 spiro atoms. The third-order valence-corrected chi connectivity index (χ3v) is 8.59. The Bertz CT molecular complexity index is 1460. The second-order valence-electron chi connectivity index (χ2n) is 12.0. The molecule has 1 aliphatic rings. The Morgan fingerprint density at radius 1 is 0.533 bits per heavy atom. The van der Waals surface area contributed by atoms with Crippen molar-refractivity contribution in [2.45, 2.75) is 39.5 Å². The van der Waals surface area contributed by atoms with Crippen LogP contribution in [0.1, 0.15) is 39.5 Å². The van der Waals surface area contributed by atoms with Gasteiger partial charge in [-0.2, -0.15) is 10.2 Å². The highest BCUT2D eigenvalue weighted by Crippen LogP contribution is 2.27. The number of nitrogens with zero attached hydrogens (tertiary/aromatic N) is 6. The maximum Gasteiger partial charge on any atom is 0.0858 e. The van der Waals surface area contributed by atoms with E-state index in [0.717, 1.165) is 62.0 Å². The molecule has 1 N–H and O–H groups in total. The Labute approximate surface area is 270 Å². The van der Waals surface area contributed by atoms with Crippen molar-refractivity contribution in [1.82, 2.24) is 0 Å². The topological polar surface area (TPSA) is 49.7 Å². The molecule has 4 aromatic carbocycles. The fourth-order valence-electron chi connectivity index (χ4n) is 5.61. The molecule has 5 rings (SSSR count). The van der Waals surface area contributed by atoms with Crippen LogP contribution in [-0.2, 0) is 0 Å². The summed E-state index contributed by atoms with van der Waals surface area (Å²) in [5.41, 5.74) is 8.92. The van der Waals surface area contributed by atoms with Crippen LogP contribution in [0, 0.1) is 0 Å². The molecule has 1 saturated heterocycles. The minimum absolute atomic E-state index is 0.866. The van der Waals surface area contributed by atoms with E-state index in [1.54, 1.807) is 0 Å². The van der Waals surface area contributed by atoms with Crippen molar-refractivity contribution in [3.63, 3.8) is 0 Å². The maximum absolute atomic E-state index is 4.47. The lowest BCUT2D eigenvalue weighted by atomic mass is 10.2. The summed E-state index contributed by atoms with van der Waals surface area (Å²) in [6, 6.07) is 34.2. The van der Waals surface area contributed by atoms with Gasteiger partial charge in [-0.1, -0.05) is 26.7 Å². The number of hydrogen-bond donors (Lipinski definition) is 1. The monoisotopic (exact) mass is 603 g/mol. The number of hydrogen-bond acceptors (Lipinski definition) is 7. The zero-order valence-electron chi connectivity index (χ0n) is 27.5. The molecule has 1 heterocycles. The Kier molecular flexibility index (Phi) is 11.3. The predicted molar refractivity (Wildman–Crippen MR) is 194 cm³/mol. The summed E-state index contributed by atoms with van der Waals surface area (Å²) in [5, 5.41) is 12.5. The van der Waals surface area contributed by atoms with Crippen LogP contribution in [0.3, 0.4) is 0 Å². The van der Waals surface area contributed by atoms with Gasteiger partial charge in [0, 0.05) is 87.5 Å². The van der Waals surface area contributed by atoms with Crippen LogP contribution in [0.5, 0.6) is 0 Å². The van der Waals surface area contributed by atoms with Crippen LogP contribution in [0.15, 0.2) is 107 Å². The number of benzene rings is 4. The number of nitrogens with one attached hydrogen (secondary N) is 1. The smallest absolute Gasteiger partial charge is 0.0858 e. The first-order valence-corrected chi connectivity index (χ1v) is 16.5. The normalized spacial score (nSPS) is 13.3. The largest absolute Gasteiger partial charge is 0.375 e. The molecule has 0 bridgehead atoms. The minimum atomic E-state index is 0.866. The van der Waals surface area contributed by atoms with E-state index < -0.39 is 0 Å². The van der Waals surface area contributed by atoms with Crippen LogP contribution in [0.25, 0.3) is 0 Å². The van der Waals surface area contributed by atoms with Gasteiger partial charge in [0.2, 0.25) is 0 Å². The molecular weight excluding hydrogens is 554 g/mol. The highest BCUT2D eigenvalue weighted by atomic mass is 15.3. The molecule has 0 atom stereocenters. The van der Waals surface area contributed by atoms with Gasteiger partial charge in [0.1, 0.15) is 0 Å². The van der Waals surface area contributed by atoms with Crippen LogP contribution < -0.4 is 24.9 Å². The molecule has 0 amide bonds.